The van der Waals surface area contributed by atoms with Crippen molar-refractivity contribution in [3.8, 4) is 0 Å². The van der Waals surface area contributed by atoms with Gasteiger partial charge in [-0.05, 0) is 12.1 Å². The van der Waals surface area contributed by atoms with Gasteiger partial charge in [0, 0.05) is 4.90 Å². The molecule has 0 bridgehead atoms. The van der Waals surface area contributed by atoms with Crippen molar-refractivity contribution in [3.05, 3.63) is 24.3 Å². The number of para-hydroxylation sites is 1. The van der Waals surface area contributed by atoms with E-state index in [1.54, 1.807) is 18.2 Å². The van der Waals surface area contributed by atoms with Crippen LogP contribution in [0.4, 0.5) is 10.1 Å². The number of rotatable bonds is 0. The number of alkyl halides is 1. The summed E-state index contributed by atoms with van der Waals surface area (Å²) >= 11 is 0.941. The van der Waals surface area contributed by atoms with Crippen molar-refractivity contribution in [2.75, 3.05) is 5.32 Å². The average Bonchev–Trinajstić information content (AvgIpc) is 2.07. The standard InChI is InChI=1S/C8H6FNOS/c9-7-8(11)10-5-3-1-2-4-6(5)12-7/h1-4,7H,(H,10,11). The predicted octanol–water partition coefficient (Wildman–Crippen LogP) is 2.03. The molecular formula is C8H6FNOS. The van der Waals surface area contributed by atoms with Crippen LogP contribution in [-0.4, -0.2) is 11.4 Å². The lowest BCUT2D eigenvalue weighted by Gasteiger charge is -2.18. The molecule has 1 amide bonds. The minimum atomic E-state index is -1.47. The first kappa shape index (κ1) is 7.61. The number of hydrogen-bond acceptors (Lipinski definition) is 2. The summed E-state index contributed by atoms with van der Waals surface area (Å²) in [6.45, 7) is 0. The molecule has 0 fully saturated rings. The molecule has 1 aromatic carbocycles. The van der Waals surface area contributed by atoms with Gasteiger partial charge in [0.2, 0.25) is 5.50 Å². The zero-order valence-electron chi connectivity index (χ0n) is 6.08. The van der Waals surface area contributed by atoms with Gasteiger partial charge in [-0.3, -0.25) is 4.79 Å². The van der Waals surface area contributed by atoms with Gasteiger partial charge in [-0.15, -0.1) is 0 Å². The summed E-state index contributed by atoms with van der Waals surface area (Å²) in [7, 11) is 0. The normalized spacial score (nSPS) is 21.4. The van der Waals surface area contributed by atoms with Crippen LogP contribution < -0.4 is 5.32 Å². The van der Waals surface area contributed by atoms with E-state index in [9.17, 15) is 9.18 Å². The van der Waals surface area contributed by atoms with Gasteiger partial charge in [-0.2, -0.15) is 0 Å². The van der Waals surface area contributed by atoms with Crippen LogP contribution in [0.15, 0.2) is 29.2 Å². The molecule has 4 heteroatoms. The van der Waals surface area contributed by atoms with Crippen LogP contribution in [0, 0.1) is 0 Å². The van der Waals surface area contributed by atoms with E-state index in [-0.39, 0.29) is 0 Å². The van der Waals surface area contributed by atoms with Crippen LogP contribution in [0.1, 0.15) is 0 Å². The molecule has 0 spiro atoms. The Kier molecular flexibility index (Phi) is 1.77. The Hall–Kier alpha value is -1.03. The third-order valence-electron chi connectivity index (χ3n) is 1.58. The summed E-state index contributed by atoms with van der Waals surface area (Å²) in [5.74, 6) is -0.571. The molecule has 1 aromatic rings. The van der Waals surface area contributed by atoms with Gasteiger partial charge in [0.25, 0.3) is 5.91 Å². The first-order valence-electron chi connectivity index (χ1n) is 3.48. The highest BCUT2D eigenvalue weighted by Gasteiger charge is 2.25. The van der Waals surface area contributed by atoms with Crippen LogP contribution >= 0.6 is 11.8 Å². The molecular weight excluding hydrogens is 177 g/mol. The highest BCUT2D eigenvalue weighted by atomic mass is 32.2. The first-order valence-corrected chi connectivity index (χ1v) is 4.36. The van der Waals surface area contributed by atoms with Gasteiger partial charge in [0.1, 0.15) is 0 Å². The molecule has 0 aliphatic carbocycles. The van der Waals surface area contributed by atoms with Gasteiger partial charge >= 0.3 is 0 Å². The predicted molar refractivity (Wildman–Crippen MR) is 45.8 cm³/mol. The smallest absolute Gasteiger partial charge is 0.269 e. The van der Waals surface area contributed by atoms with E-state index in [0.29, 0.717) is 5.69 Å². The first-order chi connectivity index (χ1) is 5.77. The fourth-order valence-electron chi connectivity index (χ4n) is 1.03. The van der Waals surface area contributed by atoms with Crippen LogP contribution in [0.3, 0.4) is 0 Å². The Bertz CT molecular complexity index is 329. The Morgan fingerprint density at radius 1 is 1.42 bits per heavy atom. The van der Waals surface area contributed by atoms with E-state index in [4.69, 9.17) is 0 Å². The molecule has 2 nitrogen and oxygen atoms in total. The maximum Gasteiger partial charge on any atom is 0.269 e. The second-order valence-electron chi connectivity index (χ2n) is 2.42. The minimum Gasteiger partial charge on any atom is -0.322 e. The van der Waals surface area contributed by atoms with Crippen molar-refractivity contribution < 1.29 is 9.18 Å². The number of thioether (sulfide) groups is 1. The molecule has 1 atom stereocenters. The fraction of sp³-hybridized carbons (Fsp3) is 0.125. The maximum atomic E-state index is 12.8. The molecule has 1 aliphatic rings. The lowest BCUT2D eigenvalue weighted by atomic mass is 10.3. The van der Waals surface area contributed by atoms with Crippen LogP contribution in [0.5, 0.6) is 0 Å². The van der Waals surface area contributed by atoms with Crippen LogP contribution in [0.2, 0.25) is 0 Å². The minimum absolute atomic E-state index is 0.571. The van der Waals surface area contributed by atoms with Crippen LogP contribution in [0.25, 0.3) is 0 Å². The molecule has 1 aliphatic heterocycles. The summed E-state index contributed by atoms with van der Waals surface area (Å²) in [6, 6.07) is 7.16. The summed E-state index contributed by atoms with van der Waals surface area (Å²) in [4.78, 5) is 11.6. The Labute approximate surface area is 73.2 Å². The Morgan fingerprint density at radius 3 is 3.00 bits per heavy atom. The van der Waals surface area contributed by atoms with E-state index in [1.807, 2.05) is 6.07 Å². The molecule has 1 unspecified atom stereocenters. The van der Waals surface area contributed by atoms with Gasteiger partial charge in [-0.25, -0.2) is 4.39 Å². The highest BCUT2D eigenvalue weighted by Crippen LogP contribution is 2.35. The zero-order valence-corrected chi connectivity index (χ0v) is 6.90. The summed E-state index contributed by atoms with van der Waals surface area (Å²) in [5, 5.41) is 2.47. The molecule has 0 aromatic heterocycles. The molecule has 0 saturated carbocycles. The van der Waals surface area contributed by atoms with Gasteiger partial charge in [0.05, 0.1) is 5.69 Å². The fourth-order valence-corrected chi connectivity index (χ4v) is 1.82. The number of nitrogens with one attached hydrogen (secondary N) is 1. The molecule has 0 saturated heterocycles. The van der Waals surface area contributed by atoms with Crippen molar-refractivity contribution in [3.63, 3.8) is 0 Å². The van der Waals surface area contributed by atoms with E-state index in [0.717, 1.165) is 16.7 Å². The lowest BCUT2D eigenvalue weighted by Crippen LogP contribution is -2.25. The van der Waals surface area contributed by atoms with E-state index in [2.05, 4.69) is 5.32 Å². The molecule has 1 N–H and O–H groups in total. The number of carbonyl (C=O) groups is 1. The van der Waals surface area contributed by atoms with E-state index < -0.39 is 11.4 Å². The number of carbonyl (C=O) groups excluding carboxylic acids is 1. The maximum absolute atomic E-state index is 12.8. The molecule has 12 heavy (non-hydrogen) atoms. The summed E-state index contributed by atoms with van der Waals surface area (Å²) in [6.07, 6.45) is 0. The highest BCUT2D eigenvalue weighted by molar-refractivity contribution is 8.00. The van der Waals surface area contributed by atoms with E-state index >= 15 is 0 Å². The van der Waals surface area contributed by atoms with Crippen molar-refractivity contribution in [1.29, 1.82) is 0 Å². The van der Waals surface area contributed by atoms with Crippen molar-refractivity contribution in [2.24, 2.45) is 0 Å². The number of halogens is 1. The summed E-state index contributed by atoms with van der Waals surface area (Å²) < 4.78 is 12.8. The third kappa shape index (κ3) is 1.18. The number of amides is 1. The topological polar surface area (TPSA) is 29.1 Å². The Morgan fingerprint density at radius 2 is 2.17 bits per heavy atom. The quantitative estimate of drug-likeness (QED) is 0.666. The number of hydrogen-bond donors (Lipinski definition) is 1. The molecule has 1 heterocycles. The second-order valence-corrected chi connectivity index (χ2v) is 3.51. The zero-order chi connectivity index (χ0) is 8.55. The van der Waals surface area contributed by atoms with Gasteiger partial charge < -0.3 is 5.32 Å². The molecule has 0 radical (unpaired) electrons. The number of anilines is 1. The molecule has 2 rings (SSSR count). The number of benzene rings is 1. The van der Waals surface area contributed by atoms with Crippen LogP contribution in [-0.2, 0) is 4.79 Å². The van der Waals surface area contributed by atoms with Gasteiger partial charge in [-0.1, -0.05) is 23.9 Å². The summed E-state index contributed by atoms with van der Waals surface area (Å²) in [5.41, 5.74) is -0.777. The van der Waals surface area contributed by atoms with E-state index in [1.165, 1.54) is 0 Å². The number of fused-ring (bicyclic) bond motifs is 1. The van der Waals surface area contributed by atoms with Crippen molar-refractivity contribution >= 4 is 23.4 Å². The second kappa shape index (κ2) is 2.79. The molecule has 62 valence electrons. The van der Waals surface area contributed by atoms with Crippen molar-refractivity contribution in [2.45, 2.75) is 10.4 Å². The largest absolute Gasteiger partial charge is 0.322 e. The third-order valence-corrected chi connectivity index (χ3v) is 2.61. The average molecular weight is 183 g/mol. The SMILES string of the molecule is O=C1Nc2ccccc2SC1F. The lowest BCUT2D eigenvalue weighted by molar-refractivity contribution is -0.118. The van der Waals surface area contributed by atoms with Gasteiger partial charge in [0.15, 0.2) is 0 Å². The Balaban J connectivity index is 2.40. The monoisotopic (exact) mass is 183 g/mol. The van der Waals surface area contributed by atoms with Crippen molar-refractivity contribution in [1.82, 2.24) is 0 Å².